The Balaban J connectivity index is 1.04. The zero-order chi connectivity index (χ0) is 32.5. The normalized spacial score (nSPS) is 29.3. The maximum Gasteiger partial charge on any atom is 0.246 e. The number of hydrogen-bond acceptors (Lipinski definition) is 6. The molecule has 1 saturated carbocycles. The van der Waals surface area contributed by atoms with Gasteiger partial charge < -0.3 is 25.2 Å². The lowest BCUT2D eigenvalue weighted by Gasteiger charge is -2.36. The zero-order valence-corrected chi connectivity index (χ0v) is 28.1. The first-order valence-electron chi connectivity index (χ1n) is 17.0. The van der Waals surface area contributed by atoms with Gasteiger partial charge >= 0.3 is 0 Å². The number of benzene rings is 2. The summed E-state index contributed by atoms with van der Waals surface area (Å²) in [7, 11) is 0. The summed E-state index contributed by atoms with van der Waals surface area (Å²) in [6.07, 6.45) is 9.06. The van der Waals surface area contributed by atoms with Crippen molar-refractivity contribution in [3.05, 3.63) is 76.3 Å². The van der Waals surface area contributed by atoms with Crippen LogP contribution in [0.3, 0.4) is 0 Å². The minimum atomic E-state index is -1.18. The van der Waals surface area contributed by atoms with Crippen molar-refractivity contribution in [2.24, 2.45) is 11.8 Å². The number of hydrogen-bond donors (Lipinski definition) is 2. The van der Waals surface area contributed by atoms with Gasteiger partial charge in [0.1, 0.15) is 11.6 Å². The predicted molar refractivity (Wildman–Crippen MR) is 182 cm³/mol. The Kier molecular flexibility index (Phi) is 9.63. The van der Waals surface area contributed by atoms with Gasteiger partial charge in [-0.3, -0.25) is 19.3 Å². The molecule has 4 heterocycles. The van der Waals surface area contributed by atoms with Crippen molar-refractivity contribution in [1.29, 1.82) is 0 Å². The largest absolute Gasteiger partial charge is 0.359 e. The topological polar surface area (TPSA) is 94.2 Å². The highest BCUT2D eigenvalue weighted by Crippen LogP contribution is 2.55. The number of halogens is 2. The molecule has 250 valence electrons. The van der Waals surface area contributed by atoms with Crippen molar-refractivity contribution >= 4 is 46.6 Å². The van der Waals surface area contributed by atoms with Crippen molar-refractivity contribution < 1.29 is 19.1 Å². The van der Waals surface area contributed by atoms with Crippen LogP contribution in [-0.4, -0.2) is 95.5 Å². The van der Waals surface area contributed by atoms with Crippen LogP contribution in [0.5, 0.6) is 0 Å². The SMILES string of the molecule is O=C(Nc1cc(Cl)cc(Cl)c1)[C@@H]1[C@@H]2C=C[C@]3(O2)[C@@H]1C(=O)N(CCCN1CCN(Cc2ccccc2)CC1)[C@@H]3C(=O)NC1CCCCC1. The molecule has 1 spiro atoms. The molecule has 9 nitrogen and oxygen atoms in total. The summed E-state index contributed by atoms with van der Waals surface area (Å²) in [6.45, 7) is 6.10. The van der Waals surface area contributed by atoms with Crippen LogP contribution in [0.2, 0.25) is 10.0 Å². The van der Waals surface area contributed by atoms with Crippen molar-refractivity contribution in [2.45, 2.75) is 68.9 Å². The summed E-state index contributed by atoms with van der Waals surface area (Å²) in [4.78, 5) is 48.9. The van der Waals surface area contributed by atoms with Gasteiger partial charge in [-0.2, -0.15) is 0 Å². The van der Waals surface area contributed by atoms with E-state index in [2.05, 4.69) is 44.7 Å². The third-order valence-electron chi connectivity index (χ3n) is 10.6. The molecule has 11 heteroatoms. The number of nitrogens with one attached hydrogen (secondary N) is 2. The second kappa shape index (κ2) is 13.9. The van der Waals surface area contributed by atoms with Crippen LogP contribution < -0.4 is 10.6 Å². The number of carbonyl (C=O) groups excluding carboxylic acids is 3. The summed E-state index contributed by atoms with van der Waals surface area (Å²) in [5, 5.41) is 6.97. The molecule has 0 unspecified atom stereocenters. The maximum atomic E-state index is 14.3. The Bertz CT molecular complexity index is 1490. The number of piperazine rings is 1. The highest BCUT2D eigenvalue weighted by molar-refractivity contribution is 6.35. The van der Waals surface area contributed by atoms with Gasteiger partial charge in [0.25, 0.3) is 0 Å². The van der Waals surface area contributed by atoms with E-state index in [1.54, 1.807) is 23.1 Å². The van der Waals surface area contributed by atoms with Crippen LogP contribution in [0.15, 0.2) is 60.7 Å². The second-order valence-electron chi connectivity index (χ2n) is 13.7. The third kappa shape index (κ3) is 6.70. The molecule has 2 aromatic rings. The van der Waals surface area contributed by atoms with E-state index in [4.69, 9.17) is 27.9 Å². The Morgan fingerprint density at radius 3 is 2.32 bits per heavy atom. The summed E-state index contributed by atoms with van der Waals surface area (Å²) < 4.78 is 6.52. The van der Waals surface area contributed by atoms with Crippen molar-refractivity contribution in [3.8, 4) is 0 Å². The maximum absolute atomic E-state index is 14.3. The predicted octanol–water partition coefficient (Wildman–Crippen LogP) is 4.74. The number of rotatable bonds is 10. The van der Waals surface area contributed by atoms with Crippen LogP contribution in [0, 0.1) is 11.8 Å². The first kappa shape index (κ1) is 32.6. The molecule has 2 N–H and O–H groups in total. The summed E-state index contributed by atoms with van der Waals surface area (Å²) in [5.41, 5.74) is 0.591. The number of nitrogens with zero attached hydrogens (tertiary/aromatic N) is 3. The molecule has 0 aromatic heterocycles. The Morgan fingerprint density at radius 1 is 0.894 bits per heavy atom. The van der Waals surface area contributed by atoms with Gasteiger partial charge in [-0.05, 0) is 49.6 Å². The molecule has 5 aliphatic rings. The van der Waals surface area contributed by atoms with Crippen molar-refractivity contribution in [2.75, 3.05) is 44.6 Å². The van der Waals surface area contributed by atoms with E-state index in [0.717, 1.165) is 71.4 Å². The van der Waals surface area contributed by atoms with E-state index in [0.29, 0.717) is 22.3 Å². The van der Waals surface area contributed by atoms with Gasteiger partial charge in [-0.25, -0.2) is 0 Å². The Hall–Kier alpha value is -2.95. The number of fused-ring (bicyclic) bond motifs is 1. The fourth-order valence-electron chi connectivity index (χ4n) is 8.36. The number of likely N-dealkylation sites (tertiary alicyclic amines) is 1. The molecule has 3 amide bonds. The van der Waals surface area contributed by atoms with Crippen LogP contribution in [0.25, 0.3) is 0 Å². The smallest absolute Gasteiger partial charge is 0.246 e. The lowest BCUT2D eigenvalue weighted by atomic mass is 9.74. The highest BCUT2D eigenvalue weighted by atomic mass is 35.5. The van der Waals surface area contributed by atoms with E-state index in [9.17, 15) is 14.4 Å². The molecular weight excluding hydrogens is 637 g/mol. The molecule has 4 aliphatic heterocycles. The Labute approximate surface area is 286 Å². The van der Waals surface area contributed by atoms with Gasteiger partial charge in [-0.15, -0.1) is 0 Å². The molecule has 2 bridgehead atoms. The van der Waals surface area contributed by atoms with Crippen LogP contribution in [0.4, 0.5) is 5.69 Å². The molecule has 2 aromatic carbocycles. The molecular formula is C36H43Cl2N5O4. The molecule has 47 heavy (non-hydrogen) atoms. The average Bonchev–Trinajstić information content (AvgIpc) is 3.70. The molecule has 0 radical (unpaired) electrons. The van der Waals surface area contributed by atoms with Crippen LogP contribution in [-0.2, 0) is 25.7 Å². The number of anilines is 1. The summed E-state index contributed by atoms with van der Waals surface area (Å²) in [6, 6.07) is 14.6. The van der Waals surface area contributed by atoms with Gasteiger partial charge in [0.2, 0.25) is 17.7 Å². The molecule has 1 aliphatic carbocycles. The summed E-state index contributed by atoms with van der Waals surface area (Å²) in [5.74, 6) is -2.30. The number of amides is 3. The molecule has 3 saturated heterocycles. The third-order valence-corrected chi connectivity index (χ3v) is 11.0. The molecule has 4 fully saturated rings. The number of ether oxygens (including phenoxy) is 1. The van der Waals surface area contributed by atoms with E-state index < -0.39 is 29.6 Å². The fourth-order valence-corrected chi connectivity index (χ4v) is 8.89. The number of carbonyl (C=O) groups is 3. The van der Waals surface area contributed by atoms with Crippen LogP contribution >= 0.6 is 23.2 Å². The van der Waals surface area contributed by atoms with E-state index in [-0.39, 0.29) is 23.8 Å². The minimum Gasteiger partial charge on any atom is -0.359 e. The Morgan fingerprint density at radius 2 is 1.60 bits per heavy atom. The first-order chi connectivity index (χ1) is 22.8. The van der Waals surface area contributed by atoms with E-state index >= 15 is 0 Å². The van der Waals surface area contributed by atoms with Crippen LogP contribution in [0.1, 0.15) is 44.1 Å². The van der Waals surface area contributed by atoms with Crippen molar-refractivity contribution in [1.82, 2.24) is 20.0 Å². The molecule has 5 atom stereocenters. The van der Waals surface area contributed by atoms with E-state index in [1.165, 1.54) is 12.0 Å². The fraction of sp³-hybridized carbons (Fsp3) is 0.528. The van der Waals surface area contributed by atoms with Gasteiger partial charge in [0.15, 0.2) is 0 Å². The van der Waals surface area contributed by atoms with Gasteiger partial charge in [0.05, 0.1) is 17.9 Å². The van der Waals surface area contributed by atoms with Gasteiger partial charge in [0, 0.05) is 61.0 Å². The first-order valence-corrected chi connectivity index (χ1v) is 17.8. The van der Waals surface area contributed by atoms with Gasteiger partial charge in [-0.1, -0.05) is 84.9 Å². The highest BCUT2D eigenvalue weighted by Gasteiger charge is 2.72. The monoisotopic (exact) mass is 679 g/mol. The standard InChI is InChI=1S/C36H43Cl2N5O4/c37-25-20-26(38)22-28(21-25)40-33(44)30-29-12-13-36(47-29)31(30)35(46)43(32(36)34(45)39-27-10-5-2-6-11-27)15-7-14-41-16-18-42(19-17-41)23-24-8-3-1-4-9-24/h1,3-4,8-9,12-13,20-22,27,29-32H,2,5-7,10-11,14-19,23H2,(H,39,45)(H,40,44)/t29-,30+,31-,32+,36-/m0/s1. The second-order valence-corrected chi connectivity index (χ2v) is 14.6. The minimum absolute atomic E-state index is 0.0880. The lowest BCUT2D eigenvalue weighted by Crippen LogP contribution is -2.56. The quantitative estimate of drug-likeness (QED) is 0.353. The zero-order valence-electron chi connectivity index (χ0n) is 26.6. The van der Waals surface area contributed by atoms with Crippen molar-refractivity contribution in [3.63, 3.8) is 0 Å². The van der Waals surface area contributed by atoms with E-state index in [1.807, 2.05) is 18.2 Å². The summed E-state index contributed by atoms with van der Waals surface area (Å²) >= 11 is 12.4. The lowest BCUT2D eigenvalue weighted by molar-refractivity contribution is -0.141. The molecule has 7 rings (SSSR count). The average molecular weight is 681 g/mol.